The van der Waals surface area contributed by atoms with Crippen molar-refractivity contribution in [2.45, 2.75) is 6.42 Å². The summed E-state index contributed by atoms with van der Waals surface area (Å²) in [4.78, 5) is 28.6. The Morgan fingerprint density at radius 2 is 1.83 bits per heavy atom. The van der Waals surface area contributed by atoms with Gasteiger partial charge in [0.15, 0.2) is 11.5 Å². The molecule has 3 aromatic rings. The molecule has 0 amide bonds. The third-order valence-corrected chi connectivity index (χ3v) is 4.77. The van der Waals surface area contributed by atoms with E-state index >= 15 is 0 Å². The molecule has 0 radical (unpaired) electrons. The Morgan fingerprint density at radius 3 is 2.53 bits per heavy atom. The summed E-state index contributed by atoms with van der Waals surface area (Å²) in [5.74, 6) is 7.41. The van der Waals surface area contributed by atoms with E-state index in [0.29, 0.717) is 39.5 Å². The summed E-state index contributed by atoms with van der Waals surface area (Å²) in [5.41, 5.74) is 1.71. The lowest BCUT2D eigenvalue weighted by Crippen LogP contribution is -2.31. The van der Waals surface area contributed by atoms with Crippen LogP contribution in [0.15, 0.2) is 59.1 Å². The Morgan fingerprint density at radius 1 is 1.10 bits per heavy atom. The predicted octanol–water partition coefficient (Wildman–Crippen LogP) is 2.17. The van der Waals surface area contributed by atoms with E-state index in [0.717, 1.165) is 10.2 Å². The van der Waals surface area contributed by atoms with Crippen molar-refractivity contribution in [2.24, 2.45) is 0 Å². The zero-order chi connectivity index (χ0) is 21.3. The van der Waals surface area contributed by atoms with E-state index in [1.54, 1.807) is 42.5 Å². The second-order valence-corrected chi connectivity index (χ2v) is 6.60. The van der Waals surface area contributed by atoms with Gasteiger partial charge in [-0.2, -0.15) is 0 Å². The normalized spacial score (nSPS) is 14.3. The largest absolute Gasteiger partial charge is 0.493 e. The summed E-state index contributed by atoms with van der Waals surface area (Å²) in [6.07, 6.45) is 4.87. The number of methoxy groups -OCH3 is 2. The SMILES string of the molecule is COc1cc(C=C2C=CC(=O)O2)c(Cc2nc3ccccc3c(=O)n2N)cc1OC. The smallest absolute Gasteiger partial charge is 0.336 e. The molecule has 0 spiro atoms. The van der Waals surface area contributed by atoms with Crippen LogP contribution < -0.4 is 20.9 Å². The van der Waals surface area contributed by atoms with Crippen LogP contribution in [0.4, 0.5) is 0 Å². The first-order valence-electron chi connectivity index (χ1n) is 9.12. The van der Waals surface area contributed by atoms with Crippen LogP contribution in [-0.2, 0) is 16.0 Å². The van der Waals surface area contributed by atoms with E-state index in [1.807, 2.05) is 6.07 Å². The molecule has 8 nitrogen and oxygen atoms in total. The fourth-order valence-electron chi connectivity index (χ4n) is 3.28. The quantitative estimate of drug-likeness (QED) is 0.512. The number of carbonyl (C=O) groups excluding carboxylic acids is 1. The lowest BCUT2D eigenvalue weighted by Gasteiger charge is -2.15. The summed E-state index contributed by atoms with van der Waals surface area (Å²) in [5, 5.41) is 0.446. The van der Waals surface area contributed by atoms with E-state index in [9.17, 15) is 9.59 Å². The molecule has 0 fully saturated rings. The van der Waals surface area contributed by atoms with Crippen LogP contribution >= 0.6 is 0 Å². The van der Waals surface area contributed by atoms with Crippen molar-refractivity contribution in [3.05, 3.63) is 81.6 Å². The van der Waals surface area contributed by atoms with Gasteiger partial charge in [0.05, 0.1) is 25.1 Å². The van der Waals surface area contributed by atoms with Crippen LogP contribution in [0.1, 0.15) is 17.0 Å². The number of cyclic esters (lactones) is 1. The fraction of sp³-hybridized carbons (Fsp3) is 0.136. The van der Waals surface area contributed by atoms with Crippen LogP contribution in [0.3, 0.4) is 0 Å². The lowest BCUT2D eigenvalue weighted by molar-refractivity contribution is -0.132. The van der Waals surface area contributed by atoms with Gasteiger partial charge in [-0.25, -0.2) is 14.5 Å². The molecule has 0 unspecified atom stereocenters. The number of esters is 1. The molecule has 0 bridgehead atoms. The maximum atomic E-state index is 12.6. The first-order chi connectivity index (χ1) is 14.5. The average molecular weight is 405 g/mol. The number of benzene rings is 2. The van der Waals surface area contributed by atoms with Gasteiger partial charge in [-0.05, 0) is 47.5 Å². The van der Waals surface area contributed by atoms with E-state index in [-0.39, 0.29) is 12.0 Å². The molecule has 2 N–H and O–H groups in total. The van der Waals surface area contributed by atoms with E-state index in [2.05, 4.69) is 4.98 Å². The number of nitrogen functional groups attached to an aromatic ring is 1. The van der Waals surface area contributed by atoms with Crippen molar-refractivity contribution in [1.82, 2.24) is 9.66 Å². The van der Waals surface area contributed by atoms with Gasteiger partial charge in [0, 0.05) is 12.5 Å². The minimum Gasteiger partial charge on any atom is -0.493 e. The van der Waals surface area contributed by atoms with Gasteiger partial charge in [0.2, 0.25) is 0 Å². The predicted molar refractivity (Wildman–Crippen MR) is 112 cm³/mol. The van der Waals surface area contributed by atoms with E-state index in [1.165, 1.54) is 20.3 Å². The van der Waals surface area contributed by atoms with Crippen molar-refractivity contribution in [1.29, 1.82) is 0 Å². The standard InChI is InChI=1S/C22H19N3O5/c1-28-18-10-13(9-15-7-8-21(26)30-15)14(11-19(18)29-2)12-20-24-17-6-4-3-5-16(17)22(27)25(20)23/h3-11H,12,23H2,1-2H3. The molecule has 2 heterocycles. The molecule has 0 aliphatic carbocycles. The summed E-state index contributed by atoms with van der Waals surface area (Å²) in [6, 6.07) is 10.6. The van der Waals surface area contributed by atoms with Gasteiger partial charge >= 0.3 is 5.97 Å². The third kappa shape index (κ3) is 3.50. The number of allylic oxidation sites excluding steroid dienone is 1. The number of fused-ring (bicyclic) bond motifs is 1. The average Bonchev–Trinajstić information content (AvgIpc) is 3.17. The van der Waals surface area contributed by atoms with Crippen molar-refractivity contribution in [2.75, 3.05) is 20.1 Å². The Kier molecular flexibility index (Phi) is 4.97. The fourth-order valence-corrected chi connectivity index (χ4v) is 3.28. The molecular formula is C22H19N3O5. The number of nitrogens with zero attached hydrogens (tertiary/aromatic N) is 2. The first kappa shape index (κ1) is 19.3. The molecule has 1 aliphatic heterocycles. The molecule has 0 saturated carbocycles. The maximum absolute atomic E-state index is 12.6. The van der Waals surface area contributed by atoms with Crippen molar-refractivity contribution in [3.8, 4) is 11.5 Å². The summed E-state index contributed by atoms with van der Waals surface area (Å²) in [7, 11) is 3.07. The highest BCUT2D eigenvalue weighted by atomic mass is 16.5. The Balaban J connectivity index is 1.85. The van der Waals surface area contributed by atoms with Crippen molar-refractivity contribution in [3.63, 3.8) is 0 Å². The maximum Gasteiger partial charge on any atom is 0.336 e. The zero-order valence-corrected chi connectivity index (χ0v) is 16.4. The topological polar surface area (TPSA) is 106 Å². The molecule has 8 heteroatoms. The number of aromatic nitrogens is 2. The lowest BCUT2D eigenvalue weighted by atomic mass is 10.0. The Labute approximate surface area is 171 Å². The highest BCUT2D eigenvalue weighted by Crippen LogP contribution is 2.33. The molecule has 4 rings (SSSR count). The van der Waals surface area contributed by atoms with Crippen molar-refractivity contribution >= 4 is 22.9 Å². The molecule has 0 saturated heterocycles. The van der Waals surface area contributed by atoms with E-state index in [4.69, 9.17) is 20.1 Å². The molecule has 1 aromatic heterocycles. The number of nitrogens with two attached hydrogens (primary N) is 1. The van der Waals surface area contributed by atoms with Crippen molar-refractivity contribution < 1.29 is 19.0 Å². The van der Waals surface area contributed by atoms with Gasteiger partial charge < -0.3 is 20.1 Å². The second-order valence-electron chi connectivity index (χ2n) is 6.60. The third-order valence-electron chi connectivity index (χ3n) is 4.77. The van der Waals surface area contributed by atoms with Gasteiger partial charge in [-0.1, -0.05) is 12.1 Å². The van der Waals surface area contributed by atoms with Crippen LogP contribution in [0.2, 0.25) is 0 Å². The van der Waals surface area contributed by atoms with Gasteiger partial charge in [0.1, 0.15) is 11.6 Å². The van der Waals surface area contributed by atoms with Gasteiger partial charge in [-0.15, -0.1) is 0 Å². The highest BCUT2D eigenvalue weighted by molar-refractivity contribution is 5.88. The molecule has 0 atom stereocenters. The van der Waals surface area contributed by atoms with Crippen LogP contribution in [0.25, 0.3) is 17.0 Å². The van der Waals surface area contributed by atoms with Gasteiger partial charge in [-0.3, -0.25) is 4.79 Å². The second kappa shape index (κ2) is 7.75. The number of ether oxygens (including phenoxy) is 3. The first-order valence-corrected chi connectivity index (χ1v) is 9.12. The number of hydrogen-bond donors (Lipinski definition) is 1. The minimum atomic E-state index is -0.435. The number of rotatable bonds is 5. The van der Waals surface area contributed by atoms with Gasteiger partial charge in [0.25, 0.3) is 5.56 Å². The highest BCUT2D eigenvalue weighted by Gasteiger charge is 2.17. The monoisotopic (exact) mass is 405 g/mol. The van der Waals surface area contributed by atoms with Crippen LogP contribution in [0, 0.1) is 0 Å². The molecular weight excluding hydrogens is 386 g/mol. The number of carbonyl (C=O) groups is 1. The summed E-state index contributed by atoms with van der Waals surface area (Å²) < 4.78 is 17.0. The summed E-state index contributed by atoms with van der Waals surface area (Å²) in [6.45, 7) is 0. The summed E-state index contributed by atoms with van der Waals surface area (Å²) >= 11 is 0. The van der Waals surface area contributed by atoms with Crippen LogP contribution in [-0.4, -0.2) is 29.8 Å². The number of para-hydroxylation sites is 1. The van der Waals surface area contributed by atoms with E-state index < -0.39 is 5.97 Å². The number of hydrogen-bond acceptors (Lipinski definition) is 7. The molecule has 152 valence electrons. The Bertz CT molecular complexity index is 1270. The zero-order valence-electron chi connectivity index (χ0n) is 16.4. The molecule has 1 aliphatic rings. The Hall–Kier alpha value is -4.07. The minimum absolute atomic E-state index is 0.244. The molecule has 2 aromatic carbocycles. The van der Waals surface area contributed by atoms with Crippen LogP contribution in [0.5, 0.6) is 11.5 Å². The molecule has 30 heavy (non-hydrogen) atoms.